The van der Waals surface area contributed by atoms with Gasteiger partial charge in [-0.15, -0.1) is 0 Å². The third-order valence-electron chi connectivity index (χ3n) is 2.99. The van der Waals surface area contributed by atoms with Crippen molar-refractivity contribution in [3.8, 4) is 0 Å². The molecule has 0 aromatic rings. The number of hydrogen-bond donors (Lipinski definition) is 1. The zero-order chi connectivity index (χ0) is 9.64. The van der Waals surface area contributed by atoms with Crippen LogP contribution in [0.15, 0.2) is 12.2 Å². The third kappa shape index (κ3) is 3.08. The number of nitrogens with one attached hydrogen (secondary N) is 1. The first-order chi connectivity index (χ1) is 6.95. The first-order valence-electron chi connectivity index (χ1n) is 5.66. The highest BCUT2D eigenvalue weighted by Gasteiger charge is 2.13. The second kappa shape index (κ2) is 5.49. The Balaban J connectivity index is 1.63. The molecule has 1 fully saturated rings. The summed E-state index contributed by atoms with van der Waals surface area (Å²) in [7, 11) is 0. The summed E-state index contributed by atoms with van der Waals surface area (Å²) in [6.07, 6.45) is 8.46. The summed E-state index contributed by atoms with van der Waals surface area (Å²) in [5, 5.41) is 2.29. The molecule has 0 aromatic carbocycles. The maximum absolute atomic E-state index is 5.30. The van der Waals surface area contributed by atoms with Crippen LogP contribution in [0.1, 0.15) is 19.3 Å². The van der Waals surface area contributed by atoms with Gasteiger partial charge in [-0.3, -0.25) is 5.43 Å². The molecule has 3 nitrogen and oxygen atoms in total. The fraction of sp³-hybridized carbons (Fsp3) is 0.818. The lowest BCUT2D eigenvalue weighted by Gasteiger charge is -2.29. The second-order valence-electron chi connectivity index (χ2n) is 4.11. The van der Waals surface area contributed by atoms with Crippen LogP contribution < -0.4 is 5.43 Å². The maximum Gasteiger partial charge on any atom is 0.0608 e. The molecule has 0 spiro atoms. The molecule has 0 saturated carbocycles. The molecule has 1 unspecified atom stereocenters. The van der Waals surface area contributed by atoms with E-state index in [2.05, 4.69) is 22.6 Å². The van der Waals surface area contributed by atoms with Crippen molar-refractivity contribution < 1.29 is 4.74 Å². The summed E-state index contributed by atoms with van der Waals surface area (Å²) in [6.45, 7) is 4.94. The van der Waals surface area contributed by atoms with Crippen molar-refractivity contribution in [1.29, 1.82) is 0 Å². The van der Waals surface area contributed by atoms with Crippen molar-refractivity contribution in [3.63, 3.8) is 0 Å². The maximum atomic E-state index is 5.30. The number of rotatable bonds is 3. The number of hydrazine groups is 1. The van der Waals surface area contributed by atoms with Crippen molar-refractivity contribution >= 4 is 0 Å². The van der Waals surface area contributed by atoms with Gasteiger partial charge >= 0.3 is 0 Å². The van der Waals surface area contributed by atoms with Gasteiger partial charge in [-0.1, -0.05) is 12.2 Å². The Morgan fingerprint density at radius 1 is 1.29 bits per heavy atom. The first-order valence-corrected chi connectivity index (χ1v) is 5.66. The zero-order valence-corrected chi connectivity index (χ0v) is 8.74. The van der Waals surface area contributed by atoms with Gasteiger partial charge in [0.15, 0.2) is 0 Å². The summed E-state index contributed by atoms with van der Waals surface area (Å²) >= 11 is 0. The molecule has 0 aromatic heterocycles. The molecule has 1 aliphatic heterocycles. The topological polar surface area (TPSA) is 24.5 Å². The number of morpholine rings is 1. The standard InChI is InChI=1S/C11H20N2O/c1-2-4-11(5-3-1)10-12-13-6-8-14-9-7-13/h1-2,11-12H,3-10H2. The van der Waals surface area contributed by atoms with Crippen LogP contribution in [0, 0.1) is 5.92 Å². The van der Waals surface area contributed by atoms with E-state index in [9.17, 15) is 0 Å². The molecule has 2 rings (SSSR count). The molecular weight excluding hydrogens is 176 g/mol. The monoisotopic (exact) mass is 196 g/mol. The molecular formula is C11H20N2O. The van der Waals surface area contributed by atoms with Gasteiger partial charge < -0.3 is 4.74 Å². The Bertz CT molecular complexity index is 188. The summed E-state index contributed by atoms with van der Waals surface area (Å²) in [6, 6.07) is 0. The fourth-order valence-electron chi connectivity index (χ4n) is 2.02. The molecule has 1 saturated heterocycles. The molecule has 0 amide bonds. The van der Waals surface area contributed by atoms with Crippen LogP contribution >= 0.6 is 0 Å². The minimum atomic E-state index is 0.836. The summed E-state index contributed by atoms with van der Waals surface area (Å²) < 4.78 is 5.30. The van der Waals surface area contributed by atoms with Crippen LogP contribution in [0.4, 0.5) is 0 Å². The lowest BCUT2D eigenvalue weighted by atomic mass is 9.95. The van der Waals surface area contributed by atoms with E-state index in [1.807, 2.05) is 0 Å². The highest BCUT2D eigenvalue weighted by molar-refractivity contribution is 4.90. The van der Waals surface area contributed by atoms with E-state index in [-0.39, 0.29) is 0 Å². The largest absolute Gasteiger partial charge is 0.379 e. The molecule has 1 N–H and O–H groups in total. The van der Waals surface area contributed by atoms with E-state index in [0.717, 1.165) is 38.8 Å². The number of nitrogens with zero attached hydrogens (tertiary/aromatic N) is 1. The predicted molar refractivity (Wildman–Crippen MR) is 56.9 cm³/mol. The van der Waals surface area contributed by atoms with Gasteiger partial charge in [0.25, 0.3) is 0 Å². The molecule has 3 heteroatoms. The van der Waals surface area contributed by atoms with Crippen molar-refractivity contribution in [2.75, 3.05) is 32.8 Å². The fourth-order valence-corrected chi connectivity index (χ4v) is 2.02. The van der Waals surface area contributed by atoms with E-state index < -0.39 is 0 Å². The summed E-state index contributed by atoms with van der Waals surface area (Å²) in [5.41, 5.74) is 3.51. The third-order valence-corrected chi connectivity index (χ3v) is 2.99. The van der Waals surface area contributed by atoms with Crippen LogP contribution in [0.3, 0.4) is 0 Å². The van der Waals surface area contributed by atoms with Gasteiger partial charge in [0.05, 0.1) is 13.2 Å². The van der Waals surface area contributed by atoms with Gasteiger partial charge in [-0.2, -0.15) is 0 Å². The minimum Gasteiger partial charge on any atom is -0.379 e. The van der Waals surface area contributed by atoms with E-state index in [1.54, 1.807) is 0 Å². The van der Waals surface area contributed by atoms with Crippen LogP contribution in [0.25, 0.3) is 0 Å². The quantitative estimate of drug-likeness (QED) is 0.686. The average Bonchev–Trinajstić information content (AvgIpc) is 2.29. The van der Waals surface area contributed by atoms with Crippen LogP contribution in [0.2, 0.25) is 0 Å². The Hall–Kier alpha value is -0.380. The van der Waals surface area contributed by atoms with Crippen molar-refractivity contribution in [2.45, 2.75) is 19.3 Å². The lowest BCUT2D eigenvalue weighted by Crippen LogP contribution is -2.47. The van der Waals surface area contributed by atoms with Gasteiger partial charge in [0, 0.05) is 19.6 Å². The predicted octanol–water partition coefficient (Wildman–Crippen LogP) is 1.18. The molecule has 0 bridgehead atoms. The second-order valence-corrected chi connectivity index (χ2v) is 4.11. The van der Waals surface area contributed by atoms with Gasteiger partial charge in [0.2, 0.25) is 0 Å². The first kappa shape index (κ1) is 10.1. The molecule has 1 heterocycles. The molecule has 1 aliphatic carbocycles. The van der Waals surface area contributed by atoms with Crippen LogP contribution in [-0.4, -0.2) is 37.9 Å². The Morgan fingerprint density at radius 2 is 2.14 bits per heavy atom. The minimum absolute atomic E-state index is 0.836. The SMILES string of the molecule is C1=CCC(CNN2CCOCC2)CC1. The number of allylic oxidation sites excluding steroid dienone is 2. The molecule has 1 atom stereocenters. The Kier molecular flexibility index (Phi) is 3.98. The Labute approximate surface area is 86.1 Å². The molecule has 2 aliphatic rings. The number of ether oxygens (including phenoxy) is 1. The van der Waals surface area contributed by atoms with Crippen molar-refractivity contribution in [1.82, 2.24) is 10.4 Å². The summed E-state index contributed by atoms with van der Waals surface area (Å²) in [4.78, 5) is 0. The van der Waals surface area contributed by atoms with E-state index >= 15 is 0 Å². The highest BCUT2D eigenvalue weighted by Crippen LogP contribution is 2.16. The lowest BCUT2D eigenvalue weighted by molar-refractivity contribution is 0.00909. The normalized spacial score (nSPS) is 29.3. The van der Waals surface area contributed by atoms with E-state index in [1.165, 1.54) is 19.3 Å². The highest BCUT2D eigenvalue weighted by atomic mass is 16.5. The zero-order valence-electron chi connectivity index (χ0n) is 8.74. The van der Waals surface area contributed by atoms with Gasteiger partial charge in [-0.25, -0.2) is 5.01 Å². The molecule has 14 heavy (non-hydrogen) atoms. The van der Waals surface area contributed by atoms with Gasteiger partial charge in [-0.05, 0) is 25.2 Å². The molecule has 80 valence electrons. The van der Waals surface area contributed by atoms with Crippen LogP contribution in [0.5, 0.6) is 0 Å². The average molecular weight is 196 g/mol. The molecule has 0 radical (unpaired) electrons. The van der Waals surface area contributed by atoms with Crippen molar-refractivity contribution in [2.24, 2.45) is 5.92 Å². The van der Waals surface area contributed by atoms with E-state index in [4.69, 9.17) is 4.74 Å². The Morgan fingerprint density at radius 3 is 2.86 bits per heavy atom. The van der Waals surface area contributed by atoms with Gasteiger partial charge in [0.1, 0.15) is 0 Å². The van der Waals surface area contributed by atoms with Crippen molar-refractivity contribution in [3.05, 3.63) is 12.2 Å². The van der Waals surface area contributed by atoms with E-state index in [0.29, 0.717) is 0 Å². The summed E-state index contributed by atoms with van der Waals surface area (Å²) in [5.74, 6) is 0.836. The smallest absolute Gasteiger partial charge is 0.0608 e. The number of hydrogen-bond acceptors (Lipinski definition) is 3. The van der Waals surface area contributed by atoms with Crippen LogP contribution in [-0.2, 0) is 4.74 Å².